The molecular formula is C28H30N4O6. The molecule has 1 aliphatic heterocycles. The summed E-state index contributed by atoms with van der Waals surface area (Å²) in [6.45, 7) is 1.60. The van der Waals surface area contributed by atoms with Crippen molar-refractivity contribution < 1.29 is 23.9 Å². The molecule has 1 N–H and O–H groups in total. The van der Waals surface area contributed by atoms with E-state index >= 15 is 0 Å². The number of hydrazone groups is 1. The number of anilines is 1. The van der Waals surface area contributed by atoms with Gasteiger partial charge in [-0.05, 0) is 42.5 Å². The Morgan fingerprint density at radius 2 is 1.66 bits per heavy atom. The van der Waals surface area contributed by atoms with E-state index in [1.165, 1.54) is 57.4 Å². The molecule has 0 radical (unpaired) electrons. The third-order valence-corrected chi connectivity index (χ3v) is 6.63. The Bertz CT molecular complexity index is 1300. The number of hydrogen-bond acceptors (Lipinski definition) is 8. The topological polar surface area (TPSA) is 116 Å². The van der Waals surface area contributed by atoms with Crippen LogP contribution in [0.3, 0.4) is 0 Å². The molecule has 0 atom stereocenters. The molecule has 10 nitrogen and oxygen atoms in total. The number of hydrogen-bond donors (Lipinski definition) is 1. The number of carbonyl (C=O) groups is 1. The Balaban J connectivity index is 1.52. The summed E-state index contributed by atoms with van der Waals surface area (Å²) in [6, 6.07) is 18.2. The van der Waals surface area contributed by atoms with Crippen LogP contribution in [0.4, 0.5) is 11.4 Å². The number of nitrogens with one attached hydrogen (secondary N) is 1. The minimum atomic E-state index is -0.504. The summed E-state index contributed by atoms with van der Waals surface area (Å²) >= 11 is 0. The van der Waals surface area contributed by atoms with Crippen LogP contribution in [0.1, 0.15) is 40.2 Å². The fraction of sp³-hybridized carbons (Fsp3) is 0.286. The van der Waals surface area contributed by atoms with E-state index in [2.05, 4.69) is 39.7 Å². The molecule has 0 saturated carbocycles. The smallest absolute Gasteiger partial charge is 0.271 e. The molecule has 4 rings (SSSR count). The molecule has 0 aromatic heterocycles. The molecule has 0 unspecified atom stereocenters. The summed E-state index contributed by atoms with van der Waals surface area (Å²) in [4.78, 5) is 26.0. The molecule has 3 aromatic carbocycles. The van der Waals surface area contributed by atoms with E-state index in [0.29, 0.717) is 28.7 Å². The first kappa shape index (κ1) is 26.5. The molecule has 3 aromatic rings. The van der Waals surface area contributed by atoms with E-state index < -0.39 is 10.8 Å². The maximum absolute atomic E-state index is 12.8. The van der Waals surface area contributed by atoms with E-state index in [1.54, 1.807) is 6.07 Å². The average Bonchev–Trinajstić information content (AvgIpc) is 2.96. The molecule has 1 amide bonds. The van der Waals surface area contributed by atoms with Gasteiger partial charge in [-0.1, -0.05) is 30.3 Å². The molecule has 0 spiro atoms. The average molecular weight is 519 g/mol. The lowest BCUT2D eigenvalue weighted by Gasteiger charge is -2.34. The van der Waals surface area contributed by atoms with Gasteiger partial charge in [-0.15, -0.1) is 0 Å². The minimum absolute atomic E-state index is 0.0506. The molecule has 1 aliphatic rings. The Morgan fingerprint density at radius 1 is 1.00 bits per heavy atom. The van der Waals surface area contributed by atoms with Gasteiger partial charge in [0.1, 0.15) is 0 Å². The minimum Gasteiger partial charge on any atom is -0.493 e. The van der Waals surface area contributed by atoms with Gasteiger partial charge in [0.15, 0.2) is 11.5 Å². The zero-order chi connectivity index (χ0) is 27.1. The molecule has 38 heavy (non-hydrogen) atoms. The van der Waals surface area contributed by atoms with E-state index in [9.17, 15) is 14.9 Å². The van der Waals surface area contributed by atoms with E-state index in [4.69, 9.17) is 14.2 Å². The number of carbonyl (C=O) groups excluding carboxylic acids is 1. The van der Waals surface area contributed by atoms with E-state index in [1.807, 2.05) is 6.07 Å². The number of nitrogens with zero attached hydrogens (tertiary/aromatic N) is 3. The summed E-state index contributed by atoms with van der Waals surface area (Å²) in [5, 5.41) is 15.5. The summed E-state index contributed by atoms with van der Waals surface area (Å²) in [5.74, 6) is 1.01. The van der Waals surface area contributed by atoms with Crippen LogP contribution >= 0.6 is 0 Å². The van der Waals surface area contributed by atoms with Crippen LogP contribution < -0.4 is 24.5 Å². The number of benzene rings is 3. The second kappa shape index (κ2) is 12.1. The van der Waals surface area contributed by atoms with Crippen molar-refractivity contribution in [3.8, 4) is 17.2 Å². The first-order valence-electron chi connectivity index (χ1n) is 12.2. The van der Waals surface area contributed by atoms with Crippen LogP contribution in [-0.4, -0.2) is 51.5 Å². The molecule has 198 valence electrons. The first-order chi connectivity index (χ1) is 18.4. The van der Waals surface area contributed by atoms with Gasteiger partial charge >= 0.3 is 0 Å². The van der Waals surface area contributed by atoms with Crippen molar-refractivity contribution in [1.82, 2.24) is 5.43 Å². The molecular weight excluding hydrogens is 488 g/mol. The molecule has 1 fully saturated rings. The van der Waals surface area contributed by atoms with Crippen molar-refractivity contribution in [1.29, 1.82) is 0 Å². The van der Waals surface area contributed by atoms with Crippen molar-refractivity contribution >= 4 is 23.5 Å². The summed E-state index contributed by atoms with van der Waals surface area (Å²) in [6.07, 6.45) is 3.37. The molecule has 0 aliphatic carbocycles. The van der Waals surface area contributed by atoms with Crippen LogP contribution in [0.25, 0.3) is 0 Å². The fourth-order valence-electron chi connectivity index (χ4n) is 4.66. The lowest BCUT2D eigenvalue weighted by Crippen LogP contribution is -2.33. The molecule has 1 saturated heterocycles. The predicted molar refractivity (Wildman–Crippen MR) is 145 cm³/mol. The zero-order valence-corrected chi connectivity index (χ0v) is 21.5. The highest BCUT2D eigenvalue weighted by atomic mass is 16.6. The van der Waals surface area contributed by atoms with Crippen LogP contribution in [-0.2, 0) is 0 Å². The van der Waals surface area contributed by atoms with Crippen molar-refractivity contribution in [2.24, 2.45) is 5.10 Å². The number of amides is 1. The van der Waals surface area contributed by atoms with Gasteiger partial charge in [0.2, 0.25) is 5.75 Å². The molecule has 0 bridgehead atoms. The normalized spacial score (nSPS) is 13.8. The number of nitro benzene ring substituents is 1. The number of nitro groups is 1. The van der Waals surface area contributed by atoms with Gasteiger partial charge in [-0.25, -0.2) is 5.43 Å². The highest BCUT2D eigenvalue weighted by molar-refractivity contribution is 5.97. The highest BCUT2D eigenvalue weighted by Gasteiger charge is 2.23. The van der Waals surface area contributed by atoms with Gasteiger partial charge in [0.25, 0.3) is 11.6 Å². The lowest BCUT2D eigenvalue weighted by molar-refractivity contribution is -0.384. The third kappa shape index (κ3) is 5.86. The number of methoxy groups -OCH3 is 3. The number of piperidine rings is 1. The van der Waals surface area contributed by atoms with Gasteiger partial charge in [-0.2, -0.15) is 5.10 Å². The highest BCUT2D eigenvalue weighted by Crippen LogP contribution is 2.38. The Morgan fingerprint density at radius 3 is 2.24 bits per heavy atom. The maximum Gasteiger partial charge on any atom is 0.271 e. The monoisotopic (exact) mass is 518 g/mol. The van der Waals surface area contributed by atoms with Gasteiger partial charge in [0.05, 0.1) is 32.5 Å². The van der Waals surface area contributed by atoms with Crippen molar-refractivity contribution in [2.45, 2.75) is 18.8 Å². The quantitative estimate of drug-likeness (QED) is 0.246. The number of ether oxygens (including phenoxy) is 3. The van der Waals surface area contributed by atoms with Crippen molar-refractivity contribution in [3.63, 3.8) is 0 Å². The lowest BCUT2D eigenvalue weighted by atomic mass is 9.89. The van der Waals surface area contributed by atoms with Crippen molar-refractivity contribution in [3.05, 3.63) is 87.5 Å². The number of rotatable bonds is 9. The summed E-state index contributed by atoms with van der Waals surface area (Å²) in [7, 11) is 4.40. The number of non-ortho nitro benzene ring substituents is 1. The van der Waals surface area contributed by atoms with Gasteiger partial charge in [-0.3, -0.25) is 14.9 Å². The second-order valence-corrected chi connectivity index (χ2v) is 8.79. The fourth-order valence-corrected chi connectivity index (χ4v) is 4.66. The SMILES string of the molecule is COc1cc(C(=O)N/N=C\c2cc([N+](=O)[O-])ccc2N2CCC(c3ccccc3)CC2)cc(OC)c1OC. The largest absolute Gasteiger partial charge is 0.493 e. The van der Waals surface area contributed by atoms with Crippen molar-refractivity contribution in [2.75, 3.05) is 39.3 Å². The first-order valence-corrected chi connectivity index (χ1v) is 12.2. The molecule has 1 heterocycles. The maximum atomic E-state index is 12.8. The van der Waals surface area contributed by atoms with Gasteiger partial charge in [0, 0.05) is 42.0 Å². The van der Waals surface area contributed by atoms with Gasteiger partial charge < -0.3 is 19.1 Å². The van der Waals surface area contributed by atoms with Crippen LogP contribution in [0.2, 0.25) is 0 Å². The standard InChI is InChI=1S/C28H30N4O6/c1-36-25-16-21(17-26(37-2)27(25)38-3)28(33)30-29-18-22-15-23(32(34)35)9-10-24(22)31-13-11-20(12-14-31)19-7-5-4-6-8-19/h4-10,15-18,20H,11-14H2,1-3H3,(H,30,33)/b29-18-. The van der Waals surface area contributed by atoms with E-state index in [-0.39, 0.29) is 11.3 Å². The zero-order valence-electron chi connectivity index (χ0n) is 21.5. The Hall–Kier alpha value is -4.60. The summed E-state index contributed by atoms with van der Waals surface area (Å²) < 4.78 is 15.9. The Kier molecular flexibility index (Phi) is 8.42. The van der Waals surface area contributed by atoms with Crippen LogP contribution in [0.5, 0.6) is 17.2 Å². The Labute approximate surface area is 221 Å². The predicted octanol–water partition coefficient (Wildman–Crippen LogP) is 4.77. The summed E-state index contributed by atoms with van der Waals surface area (Å²) in [5.41, 5.74) is 5.38. The second-order valence-electron chi connectivity index (χ2n) is 8.79. The van der Waals surface area contributed by atoms with Crippen LogP contribution in [0, 0.1) is 10.1 Å². The van der Waals surface area contributed by atoms with Crippen LogP contribution in [0.15, 0.2) is 65.8 Å². The van der Waals surface area contributed by atoms with E-state index in [0.717, 1.165) is 31.6 Å². The third-order valence-electron chi connectivity index (χ3n) is 6.63. The molecule has 10 heteroatoms.